The van der Waals surface area contributed by atoms with E-state index >= 15 is 0 Å². The Balaban J connectivity index is 1.86. The standard InChI is InChI=1S/C14H21BN3O2/c1-17(2)9-11-7-12(15-19)8-16-13(11)18-5-6-20-14(10-18)3-4-14/h7-8,19H,3-6,9-10H2,1-2H3. The molecule has 1 aliphatic heterocycles. The molecule has 1 radical (unpaired) electrons. The van der Waals surface area contributed by atoms with Crippen LogP contribution in [0.4, 0.5) is 5.82 Å². The van der Waals surface area contributed by atoms with Gasteiger partial charge in [0.15, 0.2) is 0 Å². The van der Waals surface area contributed by atoms with Crippen LogP contribution in [0.5, 0.6) is 0 Å². The third-order valence-corrected chi connectivity index (χ3v) is 3.96. The van der Waals surface area contributed by atoms with Crippen LogP contribution in [-0.2, 0) is 11.3 Å². The maximum absolute atomic E-state index is 9.18. The van der Waals surface area contributed by atoms with Gasteiger partial charge in [-0.1, -0.05) is 6.07 Å². The first kappa shape index (κ1) is 13.9. The highest BCUT2D eigenvalue weighted by atomic mass is 16.5. The number of rotatable bonds is 4. The molecule has 2 aliphatic rings. The van der Waals surface area contributed by atoms with Crippen molar-refractivity contribution in [3.8, 4) is 0 Å². The number of pyridine rings is 1. The normalized spacial score (nSPS) is 20.5. The summed E-state index contributed by atoms with van der Waals surface area (Å²) in [6.45, 7) is 3.41. The van der Waals surface area contributed by atoms with Crippen LogP contribution in [0.25, 0.3) is 0 Å². The summed E-state index contributed by atoms with van der Waals surface area (Å²) >= 11 is 0. The number of hydrogen-bond acceptors (Lipinski definition) is 5. The first-order chi connectivity index (χ1) is 9.62. The predicted molar refractivity (Wildman–Crippen MR) is 79.4 cm³/mol. The molecule has 1 saturated carbocycles. The van der Waals surface area contributed by atoms with Crippen LogP contribution in [0.1, 0.15) is 18.4 Å². The van der Waals surface area contributed by atoms with Crippen molar-refractivity contribution >= 4 is 18.8 Å². The fraction of sp³-hybridized carbons (Fsp3) is 0.643. The SMILES string of the molecule is CN(C)Cc1cc([B]O)cnc1N1CCOC2(CC2)C1. The predicted octanol–water partition coefficient (Wildman–Crippen LogP) is -0.251. The Morgan fingerprint density at radius 1 is 1.50 bits per heavy atom. The van der Waals surface area contributed by atoms with Gasteiger partial charge in [-0.3, -0.25) is 0 Å². The lowest BCUT2D eigenvalue weighted by atomic mass is 9.89. The van der Waals surface area contributed by atoms with Gasteiger partial charge in [-0.15, -0.1) is 0 Å². The Kier molecular flexibility index (Phi) is 3.71. The Bertz CT molecular complexity index is 491. The number of hydrogen-bond donors (Lipinski definition) is 1. The first-order valence-electron chi connectivity index (χ1n) is 7.12. The van der Waals surface area contributed by atoms with E-state index in [0.717, 1.165) is 63.4 Å². The number of ether oxygens (including phenoxy) is 1. The molecule has 3 rings (SSSR count). The zero-order valence-corrected chi connectivity index (χ0v) is 12.2. The average Bonchev–Trinajstić information content (AvgIpc) is 3.17. The maximum atomic E-state index is 9.18. The maximum Gasteiger partial charge on any atom is 0.328 e. The zero-order valence-electron chi connectivity index (χ0n) is 12.2. The molecule has 20 heavy (non-hydrogen) atoms. The van der Waals surface area contributed by atoms with Crippen LogP contribution in [0.3, 0.4) is 0 Å². The summed E-state index contributed by atoms with van der Waals surface area (Å²) in [5, 5.41) is 9.18. The summed E-state index contributed by atoms with van der Waals surface area (Å²) in [5.74, 6) is 1.03. The van der Waals surface area contributed by atoms with Crippen LogP contribution in [0.2, 0.25) is 0 Å². The Morgan fingerprint density at radius 3 is 2.95 bits per heavy atom. The second kappa shape index (κ2) is 5.35. The molecule has 0 atom stereocenters. The number of nitrogens with zero attached hydrogens (tertiary/aromatic N) is 3. The molecule has 0 unspecified atom stereocenters. The van der Waals surface area contributed by atoms with Gasteiger partial charge >= 0.3 is 7.48 Å². The molecule has 1 aliphatic carbocycles. The second-order valence-corrected chi connectivity index (χ2v) is 6.07. The van der Waals surface area contributed by atoms with E-state index in [1.54, 1.807) is 6.20 Å². The van der Waals surface area contributed by atoms with E-state index in [1.807, 2.05) is 20.2 Å². The molecule has 6 heteroatoms. The van der Waals surface area contributed by atoms with Crippen LogP contribution >= 0.6 is 0 Å². The van der Waals surface area contributed by atoms with Crippen molar-refractivity contribution in [1.82, 2.24) is 9.88 Å². The molecule has 2 fully saturated rings. The van der Waals surface area contributed by atoms with Gasteiger partial charge in [-0.2, -0.15) is 0 Å². The van der Waals surface area contributed by atoms with Crippen molar-refractivity contribution in [3.05, 3.63) is 17.8 Å². The largest absolute Gasteiger partial charge is 0.450 e. The molecule has 1 N–H and O–H groups in total. The fourth-order valence-electron chi connectivity index (χ4n) is 2.80. The molecule has 1 aromatic heterocycles. The molecule has 2 heterocycles. The summed E-state index contributed by atoms with van der Waals surface area (Å²) in [7, 11) is 5.19. The highest BCUT2D eigenvalue weighted by Crippen LogP contribution is 2.42. The van der Waals surface area contributed by atoms with Gasteiger partial charge in [0.1, 0.15) is 5.82 Å². The number of anilines is 1. The zero-order chi connectivity index (χ0) is 14.2. The molecular weight excluding hydrogens is 253 g/mol. The van der Waals surface area contributed by atoms with Crippen molar-refractivity contribution in [2.75, 3.05) is 38.7 Å². The number of aromatic nitrogens is 1. The summed E-state index contributed by atoms with van der Waals surface area (Å²) in [4.78, 5) is 9.02. The van der Waals surface area contributed by atoms with E-state index in [0.29, 0.717) is 0 Å². The molecule has 1 aromatic rings. The molecule has 0 amide bonds. The lowest BCUT2D eigenvalue weighted by Crippen LogP contribution is -2.45. The monoisotopic (exact) mass is 274 g/mol. The minimum Gasteiger partial charge on any atom is -0.450 e. The highest BCUT2D eigenvalue weighted by Gasteiger charge is 2.47. The Labute approximate surface area is 120 Å². The quantitative estimate of drug-likeness (QED) is 0.767. The van der Waals surface area contributed by atoms with Crippen molar-refractivity contribution in [2.45, 2.75) is 25.0 Å². The van der Waals surface area contributed by atoms with Crippen molar-refractivity contribution in [2.24, 2.45) is 0 Å². The summed E-state index contributed by atoms with van der Waals surface area (Å²) in [6, 6.07) is 2.01. The van der Waals surface area contributed by atoms with Gasteiger partial charge in [-0.25, -0.2) is 4.98 Å². The summed E-state index contributed by atoms with van der Waals surface area (Å²) in [6.07, 6.45) is 4.05. The minimum absolute atomic E-state index is 0.0943. The van der Waals surface area contributed by atoms with Gasteiger partial charge in [0.25, 0.3) is 0 Å². The highest BCUT2D eigenvalue weighted by molar-refractivity contribution is 6.45. The van der Waals surface area contributed by atoms with Gasteiger partial charge in [-0.05, 0) is 32.4 Å². The van der Waals surface area contributed by atoms with E-state index in [1.165, 1.54) is 0 Å². The molecular formula is C14H21BN3O2. The van der Waals surface area contributed by atoms with Crippen LogP contribution in [0, 0.1) is 0 Å². The molecule has 107 valence electrons. The van der Waals surface area contributed by atoms with E-state index in [-0.39, 0.29) is 5.60 Å². The topological polar surface area (TPSA) is 48.8 Å². The number of morpholine rings is 1. The molecule has 1 saturated heterocycles. The Hall–Kier alpha value is -1.11. The van der Waals surface area contributed by atoms with Crippen LogP contribution in [-0.4, -0.2) is 61.8 Å². The fourth-order valence-corrected chi connectivity index (χ4v) is 2.80. The van der Waals surface area contributed by atoms with Crippen LogP contribution in [0.15, 0.2) is 12.3 Å². The van der Waals surface area contributed by atoms with Gasteiger partial charge < -0.3 is 19.6 Å². The molecule has 1 spiro atoms. The smallest absolute Gasteiger partial charge is 0.328 e. The van der Waals surface area contributed by atoms with Gasteiger partial charge in [0.05, 0.1) is 12.2 Å². The van der Waals surface area contributed by atoms with Gasteiger partial charge in [0.2, 0.25) is 0 Å². The second-order valence-electron chi connectivity index (χ2n) is 6.07. The third kappa shape index (κ3) is 2.82. The van der Waals surface area contributed by atoms with Crippen molar-refractivity contribution in [3.63, 3.8) is 0 Å². The van der Waals surface area contributed by atoms with E-state index in [4.69, 9.17) is 4.74 Å². The third-order valence-electron chi connectivity index (χ3n) is 3.96. The molecule has 5 nitrogen and oxygen atoms in total. The minimum atomic E-state index is 0.0943. The van der Waals surface area contributed by atoms with Crippen molar-refractivity contribution < 1.29 is 9.76 Å². The average molecular weight is 274 g/mol. The molecule has 0 bridgehead atoms. The summed E-state index contributed by atoms with van der Waals surface area (Å²) in [5.41, 5.74) is 1.99. The van der Waals surface area contributed by atoms with E-state index in [9.17, 15) is 5.02 Å². The first-order valence-corrected chi connectivity index (χ1v) is 7.12. The van der Waals surface area contributed by atoms with Crippen LogP contribution < -0.4 is 10.4 Å². The molecule has 0 aromatic carbocycles. The van der Waals surface area contributed by atoms with E-state index < -0.39 is 0 Å². The van der Waals surface area contributed by atoms with Crippen molar-refractivity contribution in [1.29, 1.82) is 0 Å². The Morgan fingerprint density at radius 2 is 2.30 bits per heavy atom. The van der Waals surface area contributed by atoms with E-state index in [2.05, 4.69) is 14.8 Å². The van der Waals surface area contributed by atoms with Gasteiger partial charge in [0, 0.05) is 31.4 Å². The lowest BCUT2D eigenvalue weighted by Gasteiger charge is -2.35. The lowest BCUT2D eigenvalue weighted by molar-refractivity contribution is 0.0203. The summed E-state index contributed by atoms with van der Waals surface area (Å²) < 4.78 is 5.87.